The number of aromatic nitrogens is 2. The van der Waals surface area contributed by atoms with Crippen LogP contribution in [0.1, 0.15) is 58.2 Å². The normalized spacial score (nSPS) is 11.7. The van der Waals surface area contributed by atoms with Crippen LogP contribution < -0.4 is 0 Å². The summed E-state index contributed by atoms with van der Waals surface area (Å²) in [7, 11) is 0. The quantitative estimate of drug-likeness (QED) is 0.779. The van der Waals surface area contributed by atoms with Crippen LogP contribution in [-0.4, -0.2) is 38.7 Å². The molecule has 0 aliphatic carbocycles. The van der Waals surface area contributed by atoms with Crippen LogP contribution in [-0.2, 0) is 11.3 Å². The van der Waals surface area contributed by atoms with Crippen molar-refractivity contribution in [3.05, 3.63) is 11.7 Å². The van der Waals surface area contributed by atoms with Crippen LogP contribution in [0.3, 0.4) is 0 Å². The highest BCUT2D eigenvalue weighted by Gasteiger charge is 2.16. The van der Waals surface area contributed by atoms with Crippen LogP contribution in [0, 0.1) is 0 Å². The lowest BCUT2D eigenvalue weighted by molar-refractivity contribution is -0.137. The van der Waals surface area contributed by atoms with Gasteiger partial charge in [-0.3, -0.25) is 9.69 Å². The summed E-state index contributed by atoms with van der Waals surface area (Å²) in [5.41, 5.74) is 0. The number of carbonyl (C=O) groups is 1. The van der Waals surface area contributed by atoms with Gasteiger partial charge in [0.1, 0.15) is 0 Å². The zero-order valence-corrected chi connectivity index (χ0v) is 12.1. The first-order valence-electron chi connectivity index (χ1n) is 6.68. The maximum atomic E-state index is 10.5. The Labute approximate surface area is 113 Å². The molecule has 1 aromatic heterocycles. The zero-order chi connectivity index (χ0) is 14.4. The van der Waals surface area contributed by atoms with E-state index in [4.69, 9.17) is 9.63 Å². The van der Waals surface area contributed by atoms with Gasteiger partial charge in [-0.2, -0.15) is 4.98 Å². The molecule has 0 aliphatic rings. The van der Waals surface area contributed by atoms with Crippen LogP contribution in [0.2, 0.25) is 0 Å². The fraction of sp³-hybridized carbons (Fsp3) is 0.769. The monoisotopic (exact) mass is 269 g/mol. The lowest BCUT2D eigenvalue weighted by Crippen LogP contribution is -2.32. The van der Waals surface area contributed by atoms with Crippen LogP contribution >= 0.6 is 0 Å². The zero-order valence-electron chi connectivity index (χ0n) is 12.1. The molecule has 1 heterocycles. The van der Waals surface area contributed by atoms with E-state index >= 15 is 0 Å². The molecule has 0 unspecified atom stereocenters. The van der Waals surface area contributed by atoms with Crippen LogP contribution in [0.15, 0.2) is 4.52 Å². The van der Waals surface area contributed by atoms with Gasteiger partial charge >= 0.3 is 5.97 Å². The Bertz CT molecular complexity index is 402. The number of hydrogen-bond donors (Lipinski definition) is 1. The van der Waals surface area contributed by atoms with Crippen LogP contribution in [0.4, 0.5) is 0 Å². The largest absolute Gasteiger partial charge is 0.481 e. The Kier molecular flexibility index (Phi) is 5.95. The van der Waals surface area contributed by atoms with Gasteiger partial charge in [0.15, 0.2) is 5.82 Å². The van der Waals surface area contributed by atoms with E-state index in [1.165, 1.54) is 0 Å². The van der Waals surface area contributed by atoms with Crippen molar-refractivity contribution in [2.45, 2.75) is 59.0 Å². The first-order chi connectivity index (χ1) is 8.90. The summed E-state index contributed by atoms with van der Waals surface area (Å²) >= 11 is 0. The van der Waals surface area contributed by atoms with Gasteiger partial charge in [0.25, 0.3) is 0 Å². The minimum Gasteiger partial charge on any atom is -0.481 e. The van der Waals surface area contributed by atoms with Gasteiger partial charge in [-0.1, -0.05) is 19.0 Å². The number of hydrogen-bond acceptors (Lipinski definition) is 5. The average Bonchev–Trinajstić information content (AvgIpc) is 2.75. The van der Waals surface area contributed by atoms with Crippen molar-refractivity contribution in [3.8, 4) is 0 Å². The lowest BCUT2D eigenvalue weighted by atomic mass is 10.2. The molecule has 0 saturated carbocycles. The van der Waals surface area contributed by atoms with Crippen molar-refractivity contribution < 1.29 is 14.4 Å². The van der Waals surface area contributed by atoms with E-state index in [2.05, 4.69) is 28.9 Å². The third-order valence-corrected chi connectivity index (χ3v) is 2.89. The highest BCUT2D eigenvalue weighted by molar-refractivity contribution is 5.66. The van der Waals surface area contributed by atoms with Crippen molar-refractivity contribution >= 4 is 5.97 Å². The van der Waals surface area contributed by atoms with E-state index in [1.807, 2.05) is 13.8 Å². The van der Waals surface area contributed by atoms with Gasteiger partial charge in [-0.05, 0) is 26.8 Å². The summed E-state index contributed by atoms with van der Waals surface area (Å²) in [6.07, 6.45) is 0.815. The first kappa shape index (κ1) is 15.6. The Morgan fingerprint density at radius 3 is 2.53 bits per heavy atom. The molecule has 0 amide bonds. The molecule has 6 nitrogen and oxygen atoms in total. The summed E-state index contributed by atoms with van der Waals surface area (Å²) < 4.78 is 5.17. The molecule has 0 bridgehead atoms. The van der Waals surface area contributed by atoms with E-state index in [-0.39, 0.29) is 12.3 Å². The van der Waals surface area contributed by atoms with Crippen molar-refractivity contribution in [1.82, 2.24) is 15.0 Å². The van der Waals surface area contributed by atoms with E-state index in [0.29, 0.717) is 30.7 Å². The molecule has 0 radical (unpaired) electrons. The van der Waals surface area contributed by atoms with E-state index in [1.54, 1.807) is 0 Å². The highest BCUT2D eigenvalue weighted by atomic mass is 16.5. The lowest BCUT2D eigenvalue weighted by Gasteiger charge is -2.24. The number of carboxylic acid groups (broad SMARTS) is 1. The molecule has 0 saturated heterocycles. The van der Waals surface area contributed by atoms with Gasteiger partial charge in [0.05, 0.1) is 6.54 Å². The smallest absolute Gasteiger partial charge is 0.303 e. The molecule has 1 aromatic rings. The molecule has 1 N–H and O–H groups in total. The minimum atomic E-state index is -0.759. The maximum Gasteiger partial charge on any atom is 0.303 e. The molecular formula is C13H23N3O3. The molecule has 0 atom stereocenters. The predicted molar refractivity (Wildman–Crippen MR) is 70.8 cm³/mol. The summed E-state index contributed by atoms with van der Waals surface area (Å²) in [4.78, 5) is 17.0. The minimum absolute atomic E-state index is 0.187. The highest BCUT2D eigenvalue weighted by Crippen LogP contribution is 2.13. The first-order valence-corrected chi connectivity index (χ1v) is 6.68. The van der Waals surface area contributed by atoms with Gasteiger partial charge in [-0.15, -0.1) is 0 Å². The van der Waals surface area contributed by atoms with Crippen molar-refractivity contribution in [2.24, 2.45) is 0 Å². The van der Waals surface area contributed by atoms with Crippen molar-refractivity contribution in [2.75, 3.05) is 6.54 Å². The SMILES string of the molecule is CC(C)c1nc(CN(CCCC(=O)O)C(C)C)no1. The molecule has 0 aliphatic heterocycles. The summed E-state index contributed by atoms with van der Waals surface area (Å²) in [5, 5.41) is 12.6. The molecule has 108 valence electrons. The predicted octanol–water partition coefficient (Wildman–Crippen LogP) is 2.27. The molecule has 19 heavy (non-hydrogen) atoms. The fourth-order valence-corrected chi connectivity index (χ4v) is 1.70. The second kappa shape index (κ2) is 7.23. The van der Waals surface area contributed by atoms with Crippen molar-refractivity contribution in [1.29, 1.82) is 0 Å². The van der Waals surface area contributed by atoms with E-state index in [0.717, 1.165) is 6.54 Å². The summed E-state index contributed by atoms with van der Waals surface area (Å²) in [6.45, 7) is 9.46. The number of nitrogens with zero attached hydrogens (tertiary/aromatic N) is 3. The standard InChI is InChI=1S/C13H23N3O3/c1-9(2)13-14-11(15-19-13)8-16(10(3)4)7-5-6-12(17)18/h9-10H,5-8H2,1-4H3,(H,17,18). The summed E-state index contributed by atoms with van der Waals surface area (Å²) in [6, 6.07) is 0.315. The Balaban J connectivity index is 2.54. The van der Waals surface area contributed by atoms with Gasteiger partial charge in [0.2, 0.25) is 5.89 Å². The molecule has 0 fully saturated rings. The number of carboxylic acids is 1. The van der Waals surface area contributed by atoms with Gasteiger partial charge in [0, 0.05) is 18.4 Å². The molecular weight excluding hydrogens is 246 g/mol. The fourth-order valence-electron chi connectivity index (χ4n) is 1.70. The molecule has 0 spiro atoms. The van der Waals surface area contributed by atoms with Crippen LogP contribution in [0.5, 0.6) is 0 Å². The summed E-state index contributed by atoms with van der Waals surface area (Å²) in [5.74, 6) is 0.767. The Hall–Kier alpha value is -1.43. The molecule has 0 aromatic carbocycles. The third kappa shape index (κ3) is 5.38. The van der Waals surface area contributed by atoms with Crippen LogP contribution in [0.25, 0.3) is 0 Å². The molecule has 6 heteroatoms. The Morgan fingerprint density at radius 2 is 2.05 bits per heavy atom. The van der Waals surface area contributed by atoms with E-state index < -0.39 is 5.97 Å². The Morgan fingerprint density at radius 1 is 1.37 bits per heavy atom. The number of aliphatic carboxylic acids is 1. The third-order valence-electron chi connectivity index (χ3n) is 2.89. The van der Waals surface area contributed by atoms with Gasteiger partial charge in [-0.25, -0.2) is 0 Å². The molecule has 1 rings (SSSR count). The maximum absolute atomic E-state index is 10.5. The van der Waals surface area contributed by atoms with Gasteiger partial charge < -0.3 is 9.63 Å². The van der Waals surface area contributed by atoms with Crippen molar-refractivity contribution in [3.63, 3.8) is 0 Å². The second-order valence-corrected chi connectivity index (χ2v) is 5.27. The average molecular weight is 269 g/mol. The topological polar surface area (TPSA) is 79.5 Å². The van der Waals surface area contributed by atoms with E-state index in [9.17, 15) is 4.79 Å². The number of rotatable bonds is 8. The second-order valence-electron chi connectivity index (χ2n) is 5.27.